The van der Waals surface area contributed by atoms with E-state index in [1.54, 1.807) is 19.2 Å². The highest BCUT2D eigenvalue weighted by atomic mass is 19.1. The van der Waals surface area contributed by atoms with E-state index in [-0.39, 0.29) is 5.41 Å². The fraction of sp³-hybridized carbons (Fsp3) is 0.583. The zero-order valence-corrected chi connectivity index (χ0v) is 19.3. The maximum atomic E-state index is 14.6. The minimum atomic E-state index is -0.430. The van der Waals surface area contributed by atoms with Crippen LogP contribution in [-0.4, -0.2) is 53.3 Å². The number of ether oxygens (including phenoxy) is 1. The third-order valence-corrected chi connectivity index (χ3v) is 6.51. The predicted octanol–water partition coefficient (Wildman–Crippen LogP) is 3.74. The van der Waals surface area contributed by atoms with E-state index >= 15 is 0 Å². The highest BCUT2D eigenvalue weighted by molar-refractivity contribution is 5.66. The molecule has 2 aliphatic carbocycles. The van der Waals surface area contributed by atoms with E-state index < -0.39 is 5.82 Å². The van der Waals surface area contributed by atoms with Crippen LogP contribution in [0.1, 0.15) is 45.4 Å². The lowest BCUT2D eigenvalue weighted by Gasteiger charge is -2.31. The van der Waals surface area contributed by atoms with E-state index in [2.05, 4.69) is 43.9 Å². The van der Waals surface area contributed by atoms with Gasteiger partial charge in [-0.2, -0.15) is 5.26 Å². The predicted molar refractivity (Wildman–Crippen MR) is 125 cm³/mol. The fourth-order valence-electron chi connectivity index (χ4n) is 4.37. The van der Waals surface area contributed by atoms with Crippen LogP contribution in [0.4, 0.5) is 16.0 Å². The van der Waals surface area contributed by atoms with Gasteiger partial charge >= 0.3 is 0 Å². The highest BCUT2D eigenvalue weighted by Crippen LogP contribution is 2.44. The summed E-state index contributed by atoms with van der Waals surface area (Å²) in [5.74, 6) is 0.798. The molecule has 0 amide bonds. The summed E-state index contributed by atoms with van der Waals surface area (Å²) in [5, 5.41) is 19.5. The minimum Gasteiger partial charge on any atom is -0.383 e. The molecule has 176 valence electrons. The molecule has 9 heteroatoms. The molecule has 8 nitrogen and oxygen atoms in total. The third kappa shape index (κ3) is 6.15. The molecule has 4 rings (SSSR count). The van der Waals surface area contributed by atoms with Crippen LogP contribution in [0.25, 0.3) is 11.3 Å². The molecular formula is C24H32FN7O. The Kier molecular flexibility index (Phi) is 7.36. The van der Waals surface area contributed by atoms with Crippen molar-refractivity contribution in [3.05, 3.63) is 30.5 Å². The number of anilines is 2. The lowest BCUT2D eigenvalue weighted by molar-refractivity contribution is 0.161. The van der Waals surface area contributed by atoms with Crippen molar-refractivity contribution < 1.29 is 9.13 Å². The molecule has 2 heterocycles. The number of nitrogens with zero attached hydrogens (tertiary/aromatic N) is 4. The number of hydrogen-bond donors (Lipinski definition) is 3. The molecule has 1 unspecified atom stereocenters. The second-order valence-corrected chi connectivity index (χ2v) is 9.30. The first-order chi connectivity index (χ1) is 16.0. The van der Waals surface area contributed by atoms with E-state index in [1.807, 2.05) is 0 Å². The Labute approximate surface area is 194 Å². The van der Waals surface area contributed by atoms with Gasteiger partial charge in [-0.25, -0.2) is 19.3 Å². The van der Waals surface area contributed by atoms with Crippen molar-refractivity contribution in [1.82, 2.24) is 20.3 Å². The Bertz CT molecular complexity index is 983. The second-order valence-electron chi connectivity index (χ2n) is 9.30. The number of methoxy groups -OCH3 is 1. The van der Waals surface area contributed by atoms with Crippen molar-refractivity contribution in [2.45, 2.75) is 63.6 Å². The molecule has 3 N–H and O–H groups in total. The van der Waals surface area contributed by atoms with Gasteiger partial charge in [-0.1, -0.05) is 0 Å². The largest absolute Gasteiger partial charge is 0.383 e. The first-order valence-corrected chi connectivity index (χ1v) is 11.6. The Morgan fingerprint density at radius 1 is 1.15 bits per heavy atom. The number of pyridine rings is 1. The zero-order valence-electron chi connectivity index (χ0n) is 19.3. The van der Waals surface area contributed by atoms with Gasteiger partial charge < -0.3 is 20.7 Å². The van der Waals surface area contributed by atoms with Crippen molar-refractivity contribution in [3.63, 3.8) is 0 Å². The number of rotatable bonds is 10. The average Bonchev–Trinajstić information content (AvgIpc) is 3.61. The summed E-state index contributed by atoms with van der Waals surface area (Å²) >= 11 is 0. The maximum Gasteiger partial charge on any atom is 0.151 e. The van der Waals surface area contributed by atoms with Crippen molar-refractivity contribution in [3.8, 4) is 17.3 Å². The summed E-state index contributed by atoms with van der Waals surface area (Å²) < 4.78 is 19.8. The van der Waals surface area contributed by atoms with Crippen molar-refractivity contribution >= 4 is 11.6 Å². The molecule has 0 radical (unpaired) electrons. The first-order valence-electron chi connectivity index (χ1n) is 11.6. The van der Waals surface area contributed by atoms with Gasteiger partial charge in [0.25, 0.3) is 0 Å². The van der Waals surface area contributed by atoms with Crippen LogP contribution < -0.4 is 16.0 Å². The summed E-state index contributed by atoms with van der Waals surface area (Å²) in [6, 6.07) is 6.91. The van der Waals surface area contributed by atoms with Gasteiger partial charge in [0.1, 0.15) is 18.0 Å². The lowest BCUT2D eigenvalue weighted by Crippen LogP contribution is -2.42. The van der Waals surface area contributed by atoms with Crippen LogP contribution in [0.15, 0.2) is 24.7 Å². The van der Waals surface area contributed by atoms with Crippen LogP contribution in [0.5, 0.6) is 0 Å². The lowest BCUT2D eigenvalue weighted by atomic mass is 9.90. The molecular weight excluding hydrogens is 421 g/mol. The molecule has 2 aromatic heterocycles. The van der Waals surface area contributed by atoms with E-state index in [0.717, 1.165) is 38.5 Å². The second kappa shape index (κ2) is 10.4. The van der Waals surface area contributed by atoms with Crippen LogP contribution >= 0.6 is 0 Å². The molecule has 0 saturated heterocycles. The van der Waals surface area contributed by atoms with Gasteiger partial charge in [0.2, 0.25) is 0 Å². The molecule has 0 spiro atoms. The molecule has 33 heavy (non-hydrogen) atoms. The Balaban J connectivity index is 1.37. The van der Waals surface area contributed by atoms with E-state index in [1.165, 1.54) is 12.5 Å². The summed E-state index contributed by atoms with van der Waals surface area (Å²) in [6.45, 7) is 3.38. The van der Waals surface area contributed by atoms with Gasteiger partial charge in [-0.15, -0.1) is 0 Å². The molecule has 2 saturated carbocycles. The first kappa shape index (κ1) is 23.3. The normalized spacial score (nSPS) is 22.2. The number of nitriles is 1. The van der Waals surface area contributed by atoms with E-state index in [9.17, 15) is 9.65 Å². The minimum absolute atomic E-state index is 0.291. The van der Waals surface area contributed by atoms with Crippen molar-refractivity contribution in [1.29, 1.82) is 5.26 Å². The van der Waals surface area contributed by atoms with Crippen LogP contribution in [-0.2, 0) is 4.74 Å². The molecule has 2 aromatic rings. The van der Waals surface area contributed by atoms with Crippen molar-refractivity contribution in [2.75, 3.05) is 30.9 Å². The summed E-state index contributed by atoms with van der Waals surface area (Å²) in [7, 11) is 1.72. The SMILES string of the molecule is COCC(C)NC1CCC(Nc2cc(-c3cc(NCC4(C#N)CC4)ncn3)c(F)cn2)CC1. The molecule has 2 aliphatic rings. The third-order valence-electron chi connectivity index (χ3n) is 6.51. The quantitative estimate of drug-likeness (QED) is 0.499. The van der Waals surface area contributed by atoms with Crippen LogP contribution in [0.2, 0.25) is 0 Å². The standard InChI is InChI=1S/C24H32FN7O/c1-16(12-33-2)31-17-3-5-18(6-4-17)32-23-9-19(20(25)11-27-23)21-10-22(30-15-29-21)28-14-24(13-26)7-8-24/h9-11,15-18,31H,3-8,12,14H2,1-2H3,(H,27,32)(H,28,29,30). The summed E-state index contributed by atoms with van der Waals surface area (Å²) in [4.78, 5) is 12.7. The van der Waals surface area contributed by atoms with Gasteiger partial charge in [0.05, 0.1) is 30.0 Å². The summed E-state index contributed by atoms with van der Waals surface area (Å²) in [6.07, 6.45) is 8.63. The maximum absolute atomic E-state index is 14.6. The molecule has 0 aromatic carbocycles. The van der Waals surface area contributed by atoms with E-state index in [4.69, 9.17) is 4.74 Å². The van der Waals surface area contributed by atoms with Gasteiger partial charge in [-0.05, 0) is 51.5 Å². The van der Waals surface area contributed by atoms with Crippen molar-refractivity contribution in [2.24, 2.45) is 5.41 Å². The smallest absolute Gasteiger partial charge is 0.151 e. The summed E-state index contributed by atoms with van der Waals surface area (Å²) in [5.41, 5.74) is 0.570. The Morgan fingerprint density at radius 3 is 2.61 bits per heavy atom. The Hall–Kier alpha value is -2.83. The molecule has 0 bridgehead atoms. The number of aromatic nitrogens is 3. The van der Waals surface area contributed by atoms with Gasteiger partial charge in [0.15, 0.2) is 5.82 Å². The van der Waals surface area contributed by atoms with E-state index in [0.29, 0.717) is 54.2 Å². The topological polar surface area (TPSA) is 108 Å². The molecule has 2 fully saturated rings. The average molecular weight is 454 g/mol. The zero-order chi connectivity index (χ0) is 23.3. The van der Waals surface area contributed by atoms with Crippen LogP contribution in [0, 0.1) is 22.6 Å². The number of nitrogens with one attached hydrogen (secondary N) is 3. The van der Waals surface area contributed by atoms with Crippen LogP contribution in [0.3, 0.4) is 0 Å². The number of hydrogen-bond acceptors (Lipinski definition) is 8. The Morgan fingerprint density at radius 2 is 1.91 bits per heavy atom. The monoisotopic (exact) mass is 453 g/mol. The fourth-order valence-corrected chi connectivity index (χ4v) is 4.37. The van der Waals surface area contributed by atoms with Gasteiger partial charge in [0, 0.05) is 43.4 Å². The van der Waals surface area contributed by atoms with Gasteiger partial charge in [-0.3, -0.25) is 0 Å². The molecule has 0 aliphatic heterocycles. The highest BCUT2D eigenvalue weighted by Gasteiger charge is 2.42. The number of halogens is 1. The molecule has 1 atom stereocenters.